The summed E-state index contributed by atoms with van der Waals surface area (Å²) in [6, 6.07) is 21.7. The largest absolute Gasteiger partial charge is 0.357 e. The Morgan fingerprint density at radius 1 is 0.970 bits per heavy atom. The number of likely N-dealkylation sites (N-methyl/N-ethyl adjacent to an activating group) is 1. The zero-order chi connectivity index (χ0) is 23.8. The number of para-hydroxylation sites is 1. The van der Waals surface area contributed by atoms with Crippen molar-refractivity contribution in [3.63, 3.8) is 0 Å². The molecule has 1 atom stereocenters. The molecular weight excluding hydrogens is 442 g/mol. The molecule has 1 N–H and O–H groups in total. The van der Waals surface area contributed by atoms with Crippen LogP contribution in [0.3, 0.4) is 0 Å². The molecule has 8 heteroatoms. The first-order valence-corrected chi connectivity index (χ1v) is 10.8. The number of nitro benzene ring substituents is 1. The van der Waals surface area contributed by atoms with Crippen molar-refractivity contribution in [2.75, 3.05) is 7.05 Å². The van der Waals surface area contributed by atoms with Gasteiger partial charge in [-0.05, 0) is 17.2 Å². The third kappa shape index (κ3) is 6.17. The molecule has 7 nitrogen and oxygen atoms in total. The summed E-state index contributed by atoms with van der Waals surface area (Å²) >= 11 is 6.35. The number of carbonyl (C=O) groups is 2. The zero-order valence-electron chi connectivity index (χ0n) is 18.1. The quantitative estimate of drug-likeness (QED) is 0.379. The van der Waals surface area contributed by atoms with Gasteiger partial charge in [0.2, 0.25) is 11.8 Å². The normalized spacial score (nSPS) is 11.5. The summed E-state index contributed by atoms with van der Waals surface area (Å²) in [5.74, 6) is -0.740. The summed E-state index contributed by atoms with van der Waals surface area (Å²) in [5.41, 5.74) is 1.71. The molecule has 0 aromatic heterocycles. The van der Waals surface area contributed by atoms with Gasteiger partial charge in [0.05, 0.1) is 11.3 Å². The van der Waals surface area contributed by atoms with E-state index in [2.05, 4.69) is 5.32 Å². The monoisotopic (exact) mass is 465 g/mol. The molecule has 0 saturated heterocycles. The van der Waals surface area contributed by atoms with Crippen molar-refractivity contribution in [3.05, 3.63) is 111 Å². The van der Waals surface area contributed by atoms with Crippen LogP contribution >= 0.6 is 11.6 Å². The number of rotatable bonds is 9. The SMILES string of the molecule is CNC(=O)[C@@H](Cc1ccccc1)N(Cc1ccccc1Cl)C(=O)Cc1ccccc1[N+](=O)[O-]. The van der Waals surface area contributed by atoms with Gasteiger partial charge in [-0.15, -0.1) is 0 Å². The maximum atomic E-state index is 13.5. The van der Waals surface area contributed by atoms with Crippen molar-refractivity contribution >= 4 is 29.1 Å². The minimum atomic E-state index is -0.830. The molecule has 0 radical (unpaired) electrons. The standard InChI is InChI=1S/C25H24ClN3O4/c1-27-25(31)23(15-18-9-3-2-4-10-18)28(17-20-12-5-7-13-21(20)26)24(30)16-19-11-6-8-14-22(19)29(32)33/h2-14,23H,15-17H2,1H3,(H,27,31)/t23-/m1/s1. The minimum Gasteiger partial charge on any atom is -0.357 e. The van der Waals surface area contributed by atoms with E-state index in [9.17, 15) is 19.7 Å². The first-order chi connectivity index (χ1) is 15.9. The third-order valence-electron chi connectivity index (χ3n) is 5.35. The number of carbonyl (C=O) groups excluding carboxylic acids is 2. The first kappa shape index (κ1) is 23.9. The number of nitrogens with one attached hydrogen (secondary N) is 1. The summed E-state index contributed by atoms with van der Waals surface area (Å²) in [6.45, 7) is 0.0874. The average Bonchev–Trinajstić information content (AvgIpc) is 2.82. The molecule has 3 aromatic rings. The Morgan fingerprint density at radius 3 is 2.21 bits per heavy atom. The van der Waals surface area contributed by atoms with Crippen molar-refractivity contribution in [2.24, 2.45) is 0 Å². The molecule has 2 amide bonds. The lowest BCUT2D eigenvalue weighted by atomic mass is 10.0. The smallest absolute Gasteiger partial charge is 0.273 e. The molecule has 0 aliphatic carbocycles. The second kappa shape index (κ2) is 11.2. The Kier molecular flexibility index (Phi) is 8.16. The summed E-state index contributed by atoms with van der Waals surface area (Å²) in [4.78, 5) is 38.8. The predicted molar refractivity (Wildman–Crippen MR) is 127 cm³/mol. The lowest BCUT2D eigenvalue weighted by Crippen LogP contribution is -2.50. The fourth-order valence-electron chi connectivity index (χ4n) is 3.63. The maximum absolute atomic E-state index is 13.5. The number of benzene rings is 3. The van der Waals surface area contributed by atoms with E-state index < -0.39 is 16.9 Å². The van der Waals surface area contributed by atoms with Gasteiger partial charge in [-0.2, -0.15) is 0 Å². The van der Waals surface area contributed by atoms with E-state index in [0.29, 0.717) is 10.6 Å². The molecule has 0 aliphatic rings. The highest BCUT2D eigenvalue weighted by atomic mass is 35.5. The molecule has 0 bridgehead atoms. The van der Waals surface area contributed by atoms with Gasteiger partial charge >= 0.3 is 0 Å². The molecule has 0 fully saturated rings. The molecule has 3 aromatic carbocycles. The zero-order valence-corrected chi connectivity index (χ0v) is 18.9. The van der Waals surface area contributed by atoms with E-state index in [4.69, 9.17) is 11.6 Å². The van der Waals surface area contributed by atoms with Crippen molar-refractivity contribution in [1.29, 1.82) is 0 Å². The fraction of sp³-hybridized carbons (Fsp3) is 0.200. The van der Waals surface area contributed by atoms with Gasteiger partial charge < -0.3 is 10.2 Å². The summed E-state index contributed by atoms with van der Waals surface area (Å²) in [7, 11) is 1.51. The van der Waals surface area contributed by atoms with Crippen LogP contribution in [0, 0.1) is 10.1 Å². The number of nitro groups is 1. The molecule has 0 unspecified atom stereocenters. The van der Waals surface area contributed by atoms with Crippen molar-refractivity contribution in [2.45, 2.75) is 25.4 Å². The van der Waals surface area contributed by atoms with Crippen LogP contribution in [-0.2, 0) is 29.0 Å². The molecule has 0 aliphatic heterocycles. The topological polar surface area (TPSA) is 92.6 Å². The Balaban J connectivity index is 2.00. The summed E-state index contributed by atoms with van der Waals surface area (Å²) < 4.78 is 0. The number of hydrogen-bond donors (Lipinski definition) is 1. The number of amides is 2. The third-order valence-corrected chi connectivity index (χ3v) is 5.71. The highest BCUT2D eigenvalue weighted by Gasteiger charge is 2.31. The van der Waals surface area contributed by atoms with Gasteiger partial charge in [-0.3, -0.25) is 19.7 Å². The second-order valence-electron chi connectivity index (χ2n) is 7.50. The maximum Gasteiger partial charge on any atom is 0.273 e. The fourth-order valence-corrected chi connectivity index (χ4v) is 3.83. The van der Waals surface area contributed by atoms with Gasteiger partial charge in [-0.25, -0.2) is 0 Å². The van der Waals surface area contributed by atoms with Crippen LogP contribution in [0.5, 0.6) is 0 Å². The molecule has 170 valence electrons. The van der Waals surface area contributed by atoms with Gasteiger partial charge in [0, 0.05) is 36.7 Å². The Hall–Kier alpha value is -3.71. The molecule has 0 spiro atoms. The Labute approximate surface area is 197 Å². The number of halogens is 1. The van der Waals surface area contributed by atoms with Crippen molar-refractivity contribution in [1.82, 2.24) is 10.2 Å². The highest BCUT2D eigenvalue weighted by Crippen LogP contribution is 2.23. The summed E-state index contributed by atoms with van der Waals surface area (Å²) in [6.07, 6.45) is 0.0669. The Bertz CT molecular complexity index is 1140. The van der Waals surface area contributed by atoms with Gasteiger partial charge in [-0.1, -0.05) is 78.3 Å². The molecule has 3 rings (SSSR count). The average molecular weight is 466 g/mol. The van der Waals surface area contributed by atoms with Crippen LogP contribution in [0.25, 0.3) is 0 Å². The van der Waals surface area contributed by atoms with E-state index in [1.807, 2.05) is 30.3 Å². The lowest BCUT2D eigenvalue weighted by molar-refractivity contribution is -0.385. The number of nitrogens with zero attached hydrogens (tertiary/aromatic N) is 2. The molecule has 33 heavy (non-hydrogen) atoms. The van der Waals surface area contributed by atoms with E-state index in [1.165, 1.54) is 18.0 Å². The van der Waals surface area contributed by atoms with E-state index >= 15 is 0 Å². The van der Waals surface area contributed by atoms with Crippen LogP contribution in [0.2, 0.25) is 5.02 Å². The summed E-state index contributed by atoms with van der Waals surface area (Å²) in [5, 5.41) is 14.5. The van der Waals surface area contributed by atoms with Gasteiger partial charge in [0.1, 0.15) is 6.04 Å². The van der Waals surface area contributed by atoms with Crippen LogP contribution in [0.1, 0.15) is 16.7 Å². The lowest BCUT2D eigenvalue weighted by Gasteiger charge is -2.31. The van der Waals surface area contributed by atoms with Crippen LogP contribution in [0.4, 0.5) is 5.69 Å². The van der Waals surface area contributed by atoms with Crippen LogP contribution in [-0.4, -0.2) is 34.7 Å². The van der Waals surface area contributed by atoms with Crippen molar-refractivity contribution in [3.8, 4) is 0 Å². The molecule has 0 heterocycles. The Morgan fingerprint density at radius 2 is 1.58 bits per heavy atom. The van der Waals surface area contributed by atoms with E-state index in [1.54, 1.807) is 42.5 Å². The predicted octanol–water partition coefficient (Wildman–Crippen LogP) is 4.18. The van der Waals surface area contributed by atoms with Crippen LogP contribution < -0.4 is 5.32 Å². The number of hydrogen-bond acceptors (Lipinski definition) is 4. The van der Waals surface area contributed by atoms with Gasteiger partial charge in [0.25, 0.3) is 5.69 Å². The highest BCUT2D eigenvalue weighted by molar-refractivity contribution is 6.31. The van der Waals surface area contributed by atoms with Gasteiger partial charge in [0.15, 0.2) is 0 Å². The van der Waals surface area contributed by atoms with E-state index in [-0.39, 0.29) is 36.5 Å². The molecule has 0 saturated carbocycles. The van der Waals surface area contributed by atoms with Crippen molar-refractivity contribution < 1.29 is 14.5 Å². The second-order valence-corrected chi connectivity index (χ2v) is 7.90. The minimum absolute atomic E-state index is 0.0874. The van der Waals surface area contributed by atoms with Crippen LogP contribution in [0.15, 0.2) is 78.9 Å². The van der Waals surface area contributed by atoms with E-state index in [0.717, 1.165) is 5.56 Å². The first-order valence-electron chi connectivity index (χ1n) is 10.4. The molecular formula is C25H24ClN3O4.